The number of nitrogens with zero attached hydrogens (tertiary/aromatic N) is 5. The Morgan fingerprint density at radius 3 is 2.71 bits per heavy atom. The number of halogens is 1. The number of fused-ring (bicyclic) bond motifs is 2. The summed E-state index contributed by atoms with van der Waals surface area (Å²) < 4.78 is 20.5. The summed E-state index contributed by atoms with van der Waals surface area (Å²) >= 11 is 1.53. The number of benzene rings is 2. The molecule has 0 saturated carbocycles. The molecule has 1 N–H and O–H groups in total. The van der Waals surface area contributed by atoms with Crippen LogP contribution in [0.3, 0.4) is 0 Å². The SMILES string of the molecule is Oc1cc(F)c(-c2ncnc3cc(N4CCOCC4)ccc23)cc1Cc1ncnc2sccc12. The number of phenols is 1. The molecule has 3 aromatic heterocycles. The molecule has 0 spiro atoms. The molecule has 9 heteroatoms. The molecule has 5 aromatic rings. The second kappa shape index (κ2) is 8.58. The first-order chi connectivity index (χ1) is 16.7. The van der Waals surface area contributed by atoms with Crippen molar-refractivity contribution in [1.29, 1.82) is 0 Å². The van der Waals surface area contributed by atoms with Gasteiger partial charge in [-0.25, -0.2) is 24.3 Å². The average Bonchev–Trinajstić information content (AvgIpc) is 3.36. The minimum Gasteiger partial charge on any atom is -0.508 e. The third-order valence-corrected chi connectivity index (χ3v) is 6.94. The number of thiophene rings is 1. The van der Waals surface area contributed by atoms with Crippen molar-refractivity contribution >= 4 is 38.1 Å². The molecule has 1 aliphatic heterocycles. The summed E-state index contributed by atoms with van der Waals surface area (Å²) in [6.45, 7) is 3.02. The van der Waals surface area contributed by atoms with Crippen LogP contribution in [-0.4, -0.2) is 51.3 Å². The van der Waals surface area contributed by atoms with E-state index in [1.165, 1.54) is 24.0 Å². The number of anilines is 1. The summed E-state index contributed by atoms with van der Waals surface area (Å²) in [5.74, 6) is -0.655. The molecular formula is C25H20FN5O2S. The van der Waals surface area contributed by atoms with Crippen LogP contribution in [0, 0.1) is 5.82 Å². The van der Waals surface area contributed by atoms with E-state index in [9.17, 15) is 5.11 Å². The van der Waals surface area contributed by atoms with Gasteiger partial charge in [-0.05, 0) is 35.7 Å². The van der Waals surface area contributed by atoms with Crippen LogP contribution < -0.4 is 4.90 Å². The maximum Gasteiger partial charge on any atom is 0.136 e. The van der Waals surface area contributed by atoms with Crippen LogP contribution in [-0.2, 0) is 11.2 Å². The molecule has 1 aliphatic rings. The van der Waals surface area contributed by atoms with Gasteiger partial charge in [-0.15, -0.1) is 11.3 Å². The van der Waals surface area contributed by atoms with Crippen molar-refractivity contribution in [2.75, 3.05) is 31.2 Å². The van der Waals surface area contributed by atoms with Gasteiger partial charge < -0.3 is 14.7 Å². The van der Waals surface area contributed by atoms with E-state index >= 15 is 4.39 Å². The molecule has 0 bridgehead atoms. The van der Waals surface area contributed by atoms with Gasteiger partial charge in [0, 0.05) is 53.2 Å². The maximum absolute atomic E-state index is 15.1. The lowest BCUT2D eigenvalue weighted by atomic mass is 9.99. The molecule has 7 nitrogen and oxygen atoms in total. The topological polar surface area (TPSA) is 84.3 Å². The molecule has 0 amide bonds. The number of aromatic hydroxyl groups is 1. The fourth-order valence-electron chi connectivity index (χ4n) is 4.37. The molecule has 4 heterocycles. The second-order valence-corrected chi connectivity index (χ2v) is 9.02. The Kier molecular flexibility index (Phi) is 5.27. The Hall–Kier alpha value is -3.69. The van der Waals surface area contributed by atoms with Gasteiger partial charge in [0.15, 0.2) is 0 Å². The van der Waals surface area contributed by atoms with Crippen molar-refractivity contribution < 1.29 is 14.2 Å². The first-order valence-electron chi connectivity index (χ1n) is 10.9. The second-order valence-electron chi connectivity index (χ2n) is 8.12. The zero-order valence-electron chi connectivity index (χ0n) is 18.1. The number of rotatable bonds is 4. The quantitative estimate of drug-likeness (QED) is 0.409. The first-order valence-corrected chi connectivity index (χ1v) is 11.8. The third kappa shape index (κ3) is 3.72. The molecule has 34 heavy (non-hydrogen) atoms. The largest absolute Gasteiger partial charge is 0.508 e. The van der Waals surface area contributed by atoms with Crippen molar-refractivity contribution in [2.24, 2.45) is 0 Å². The fraction of sp³-hybridized carbons (Fsp3) is 0.200. The van der Waals surface area contributed by atoms with E-state index < -0.39 is 5.82 Å². The molecular weight excluding hydrogens is 453 g/mol. The van der Waals surface area contributed by atoms with Crippen LogP contribution in [0.4, 0.5) is 10.1 Å². The van der Waals surface area contributed by atoms with Gasteiger partial charge in [0.25, 0.3) is 0 Å². The van der Waals surface area contributed by atoms with Crippen molar-refractivity contribution in [3.05, 3.63) is 71.5 Å². The van der Waals surface area contributed by atoms with E-state index in [0.29, 0.717) is 36.5 Å². The maximum atomic E-state index is 15.1. The van der Waals surface area contributed by atoms with Gasteiger partial charge in [0.1, 0.15) is 29.1 Å². The fourth-order valence-corrected chi connectivity index (χ4v) is 5.13. The minimum atomic E-state index is -0.540. The minimum absolute atomic E-state index is 0.115. The van der Waals surface area contributed by atoms with Crippen LogP contribution >= 0.6 is 11.3 Å². The number of morpholine rings is 1. The highest BCUT2D eigenvalue weighted by Crippen LogP contribution is 2.34. The Labute approximate surface area is 198 Å². The van der Waals surface area contributed by atoms with Gasteiger partial charge in [-0.3, -0.25) is 0 Å². The van der Waals surface area contributed by atoms with Crippen LogP contribution in [0.25, 0.3) is 32.4 Å². The summed E-state index contributed by atoms with van der Waals surface area (Å²) in [6.07, 6.45) is 3.31. The van der Waals surface area contributed by atoms with E-state index in [2.05, 4.69) is 24.8 Å². The van der Waals surface area contributed by atoms with Crippen molar-refractivity contribution in [1.82, 2.24) is 19.9 Å². The third-order valence-electron chi connectivity index (χ3n) is 6.12. The Balaban J connectivity index is 1.42. The standard InChI is InChI=1S/C25H20FN5O2S/c26-20-12-23(32)15(10-21-18-3-8-34-25(18)30-14-28-21)9-19(20)24-17-2-1-16(11-22(17)27-13-29-24)31-4-6-33-7-5-31/h1-3,8-9,11-14,32H,4-7,10H2. The molecule has 1 fully saturated rings. The molecule has 1 saturated heterocycles. The number of ether oxygens (including phenoxy) is 1. The smallest absolute Gasteiger partial charge is 0.136 e. The predicted octanol–water partition coefficient (Wildman–Crippen LogP) is 4.57. The van der Waals surface area contributed by atoms with E-state index in [0.717, 1.165) is 51.7 Å². The van der Waals surface area contributed by atoms with Gasteiger partial charge in [0.2, 0.25) is 0 Å². The molecule has 2 aromatic carbocycles. The lowest BCUT2D eigenvalue weighted by molar-refractivity contribution is 0.122. The van der Waals surface area contributed by atoms with Gasteiger partial charge in [-0.2, -0.15) is 0 Å². The molecule has 170 valence electrons. The van der Waals surface area contributed by atoms with E-state index in [1.807, 2.05) is 29.6 Å². The molecule has 0 aliphatic carbocycles. The number of hydrogen-bond donors (Lipinski definition) is 1. The lowest BCUT2D eigenvalue weighted by Gasteiger charge is -2.29. The Morgan fingerprint density at radius 1 is 0.971 bits per heavy atom. The highest BCUT2D eigenvalue weighted by Gasteiger charge is 2.18. The summed E-state index contributed by atoms with van der Waals surface area (Å²) in [4.78, 5) is 20.6. The summed E-state index contributed by atoms with van der Waals surface area (Å²) in [6, 6.07) is 10.7. The lowest BCUT2D eigenvalue weighted by Crippen LogP contribution is -2.36. The number of hydrogen-bond acceptors (Lipinski definition) is 8. The summed E-state index contributed by atoms with van der Waals surface area (Å²) in [7, 11) is 0. The van der Waals surface area contributed by atoms with Gasteiger partial charge >= 0.3 is 0 Å². The Bertz CT molecular complexity index is 1520. The average molecular weight is 474 g/mol. The normalized spacial score (nSPS) is 14.2. The highest BCUT2D eigenvalue weighted by molar-refractivity contribution is 7.16. The van der Waals surface area contributed by atoms with Crippen LogP contribution in [0.15, 0.2) is 54.4 Å². The van der Waals surface area contributed by atoms with Crippen molar-refractivity contribution in [2.45, 2.75) is 6.42 Å². The first kappa shape index (κ1) is 20.9. The molecule has 0 radical (unpaired) electrons. The zero-order valence-corrected chi connectivity index (χ0v) is 18.9. The van der Waals surface area contributed by atoms with Crippen LogP contribution in [0.2, 0.25) is 0 Å². The molecule has 0 unspecified atom stereocenters. The molecule has 6 rings (SSSR count). The van der Waals surface area contributed by atoms with Crippen LogP contribution in [0.5, 0.6) is 5.75 Å². The summed E-state index contributed by atoms with van der Waals surface area (Å²) in [5, 5.41) is 14.1. The van der Waals surface area contributed by atoms with Crippen molar-refractivity contribution in [3.8, 4) is 17.0 Å². The van der Waals surface area contributed by atoms with Crippen LogP contribution in [0.1, 0.15) is 11.3 Å². The van der Waals surface area contributed by atoms with E-state index in [1.54, 1.807) is 6.07 Å². The van der Waals surface area contributed by atoms with Gasteiger partial charge in [0.05, 0.1) is 30.1 Å². The van der Waals surface area contributed by atoms with E-state index in [-0.39, 0.29) is 5.75 Å². The van der Waals surface area contributed by atoms with Crippen molar-refractivity contribution in [3.63, 3.8) is 0 Å². The number of phenolic OH excluding ortho intramolecular Hbond substituents is 1. The summed E-state index contributed by atoms with van der Waals surface area (Å²) in [5.41, 5.74) is 3.94. The monoisotopic (exact) mass is 473 g/mol. The molecule has 0 atom stereocenters. The number of aromatic nitrogens is 4. The Morgan fingerprint density at radius 2 is 1.82 bits per heavy atom. The van der Waals surface area contributed by atoms with E-state index in [4.69, 9.17) is 4.74 Å². The zero-order chi connectivity index (χ0) is 23.1. The predicted molar refractivity (Wildman–Crippen MR) is 130 cm³/mol. The van der Waals surface area contributed by atoms with Gasteiger partial charge in [-0.1, -0.05) is 0 Å². The highest BCUT2D eigenvalue weighted by atomic mass is 32.1.